The third kappa shape index (κ3) is 8.44. The van der Waals surface area contributed by atoms with Crippen molar-refractivity contribution in [3.8, 4) is 28.4 Å². The summed E-state index contributed by atoms with van der Waals surface area (Å²) < 4.78 is 64.7. The molecule has 5 N–H and O–H groups in total. The van der Waals surface area contributed by atoms with Crippen LogP contribution in [-0.2, 0) is 24.3 Å². The van der Waals surface area contributed by atoms with E-state index in [0.717, 1.165) is 6.07 Å². The number of fused-ring (bicyclic) bond motifs is 10. The van der Waals surface area contributed by atoms with Gasteiger partial charge >= 0.3 is 13.8 Å². The summed E-state index contributed by atoms with van der Waals surface area (Å²) in [6.45, 7) is 4.17. The van der Waals surface area contributed by atoms with E-state index in [0.29, 0.717) is 31.2 Å². The summed E-state index contributed by atoms with van der Waals surface area (Å²) in [7, 11) is -5.18. The first-order chi connectivity index (χ1) is 24.8. The lowest BCUT2D eigenvalue weighted by atomic mass is 9.59. The summed E-state index contributed by atoms with van der Waals surface area (Å²) >= 11 is 11.9. The Morgan fingerprint density at radius 1 is 1.08 bits per heavy atom. The number of aryl methyl sites for hydroxylation is 1. The zero-order valence-corrected chi connectivity index (χ0v) is 31.4. The van der Waals surface area contributed by atoms with E-state index in [-0.39, 0.29) is 63.4 Å². The lowest BCUT2D eigenvalue weighted by Crippen LogP contribution is -2.71. The smallest absolute Gasteiger partial charge is 0.489 e. The van der Waals surface area contributed by atoms with E-state index in [2.05, 4.69) is 10.6 Å². The number of amides is 1. The molecule has 1 amide bonds. The molecule has 17 heteroatoms. The molecule has 3 aromatic rings. The van der Waals surface area contributed by atoms with E-state index in [9.17, 15) is 33.4 Å². The summed E-state index contributed by atoms with van der Waals surface area (Å²) in [4.78, 5) is 46.9. The highest BCUT2D eigenvalue weighted by molar-refractivity contribution is 7.46. The second-order valence-electron chi connectivity index (χ2n) is 14.5. The van der Waals surface area contributed by atoms with Crippen LogP contribution in [-0.4, -0.2) is 63.4 Å². The molecule has 3 saturated carbocycles. The molecule has 3 aromatic carbocycles. The number of hydrogen-bond acceptors (Lipinski definition) is 9. The van der Waals surface area contributed by atoms with Crippen molar-refractivity contribution >= 4 is 42.9 Å². The largest absolute Gasteiger partial charge is 0.524 e. The van der Waals surface area contributed by atoms with Crippen LogP contribution in [0.3, 0.4) is 0 Å². The van der Waals surface area contributed by atoms with Crippen molar-refractivity contribution in [2.75, 3.05) is 13.2 Å². The van der Waals surface area contributed by atoms with Crippen LogP contribution in [0.1, 0.15) is 63.5 Å². The average Bonchev–Trinajstić information content (AvgIpc) is 3.05. The number of halogens is 4. The predicted octanol–water partition coefficient (Wildman–Crippen LogP) is 6.25. The van der Waals surface area contributed by atoms with Crippen molar-refractivity contribution in [1.82, 2.24) is 10.6 Å². The summed E-state index contributed by atoms with van der Waals surface area (Å²) in [6, 6.07) is 9.30. The van der Waals surface area contributed by atoms with Crippen molar-refractivity contribution in [1.29, 1.82) is 0 Å². The Balaban J connectivity index is 1.36. The van der Waals surface area contributed by atoms with Crippen molar-refractivity contribution in [3.63, 3.8) is 0 Å². The number of aliphatic hydroxyl groups excluding tert-OH is 1. The summed E-state index contributed by atoms with van der Waals surface area (Å²) in [5, 5.41) is 17.1. The highest BCUT2D eigenvalue weighted by Crippen LogP contribution is 2.51. The van der Waals surface area contributed by atoms with Crippen molar-refractivity contribution in [2.45, 2.75) is 88.1 Å². The summed E-state index contributed by atoms with van der Waals surface area (Å²) in [5.74, 6) is -2.99. The number of phosphoric acid groups is 1. The number of aliphatic hydroxyl groups is 1. The highest BCUT2D eigenvalue weighted by atomic mass is 35.5. The number of benzene rings is 3. The lowest BCUT2D eigenvalue weighted by molar-refractivity contribution is -0.169. The number of carbonyl (C=O) groups excluding carboxylic acids is 2. The number of ether oxygens (including phenoxy) is 3. The number of hydrogen-bond donors (Lipinski definition) is 5. The molecule has 0 saturated heterocycles. The molecule has 12 nitrogen and oxygen atoms in total. The quantitative estimate of drug-likeness (QED) is 0.141. The number of phosphoric ester groups is 1. The molecule has 3 aliphatic carbocycles. The van der Waals surface area contributed by atoms with Crippen LogP contribution < -0.4 is 24.6 Å². The highest BCUT2D eigenvalue weighted by Gasteiger charge is 2.57. The van der Waals surface area contributed by atoms with Crippen LogP contribution in [0.25, 0.3) is 11.1 Å². The third-order valence-electron chi connectivity index (χ3n) is 10.2. The van der Waals surface area contributed by atoms with Crippen LogP contribution in [0.15, 0.2) is 42.5 Å². The van der Waals surface area contributed by atoms with Crippen molar-refractivity contribution in [2.24, 2.45) is 0 Å². The van der Waals surface area contributed by atoms with Crippen molar-refractivity contribution in [3.05, 3.63) is 75.3 Å². The first kappa shape index (κ1) is 39.2. The van der Waals surface area contributed by atoms with Gasteiger partial charge in [-0.1, -0.05) is 43.1 Å². The zero-order valence-electron chi connectivity index (χ0n) is 29.0. The molecule has 8 rings (SSSR count). The number of esters is 1. The third-order valence-corrected chi connectivity index (χ3v) is 11.2. The Bertz CT molecular complexity index is 1990. The number of rotatable bonds is 6. The van der Waals surface area contributed by atoms with Gasteiger partial charge in [0, 0.05) is 29.0 Å². The second kappa shape index (κ2) is 14.6. The van der Waals surface area contributed by atoms with Crippen LogP contribution in [0.5, 0.6) is 17.2 Å². The lowest BCUT2D eigenvalue weighted by Gasteiger charge is -2.57. The number of nitrogens with one attached hydrogen (secondary N) is 2. The van der Waals surface area contributed by atoms with Gasteiger partial charge in [0.1, 0.15) is 42.0 Å². The van der Waals surface area contributed by atoms with Gasteiger partial charge in [0.15, 0.2) is 12.4 Å². The normalized spacial score (nSPS) is 25.4. The van der Waals surface area contributed by atoms with Gasteiger partial charge in [-0.3, -0.25) is 24.7 Å². The standard InChI is InChI=1S/C36H39Cl2F2N2O10P/c1-19-12-20-13-26(52-53(46,47)48)32(19)34(2,3)16-30(45)51-27-15-35(41-28(43)18-50-25-7-6-23(38)33(40)31(20)25)8-10-36(27,11-9-35)42-29(44)17-49-21-4-5-22(37)24(39)14-21/h4-7,12-14,27-28,41,43H,8-11,15-18H2,1-3H3,(H,42,44)(H2,46,47,48)/t27-,28?,35?,36?/m0/s1. The molecule has 2 heterocycles. The molecule has 2 atom stereocenters. The molecular weight excluding hydrogens is 760 g/mol. The van der Waals surface area contributed by atoms with Crippen molar-refractivity contribution < 1.29 is 56.6 Å². The Kier molecular flexibility index (Phi) is 10.8. The molecule has 0 radical (unpaired) electrons. The van der Waals surface area contributed by atoms with E-state index in [4.69, 9.17) is 41.9 Å². The van der Waals surface area contributed by atoms with Gasteiger partial charge in [-0.25, -0.2) is 13.3 Å². The van der Waals surface area contributed by atoms with Gasteiger partial charge in [0.2, 0.25) is 0 Å². The molecule has 53 heavy (non-hydrogen) atoms. The van der Waals surface area contributed by atoms with Crippen LogP contribution >= 0.6 is 31.0 Å². The molecular formula is C36H39Cl2F2N2O10P. The van der Waals surface area contributed by atoms with Gasteiger partial charge in [0.05, 0.1) is 27.6 Å². The van der Waals surface area contributed by atoms with Gasteiger partial charge in [0.25, 0.3) is 5.91 Å². The molecule has 1 spiro atoms. The Labute approximate surface area is 314 Å². The summed E-state index contributed by atoms with van der Waals surface area (Å²) in [5.41, 5.74) is -2.26. The van der Waals surface area contributed by atoms with Crippen LogP contribution in [0.2, 0.25) is 10.0 Å². The second-order valence-corrected chi connectivity index (χ2v) is 16.5. The molecule has 5 bridgehead atoms. The minimum absolute atomic E-state index is 0.00271. The molecule has 286 valence electrons. The molecule has 2 aliphatic heterocycles. The van der Waals surface area contributed by atoms with E-state index in [1.54, 1.807) is 26.8 Å². The summed E-state index contributed by atoms with van der Waals surface area (Å²) in [6.07, 6.45) is -0.613. The van der Waals surface area contributed by atoms with E-state index in [1.807, 2.05) is 0 Å². The van der Waals surface area contributed by atoms with Gasteiger partial charge in [-0.15, -0.1) is 0 Å². The predicted molar refractivity (Wildman–Crippen MR) is 190 cm³/mol. The van der Waals surface area contributed by atoms with E-state index < -0.39 is 66.8 Å². The minimum atomic E-state index is -5.18. The first-order valence-corrected chi connectivity index (χ1v) is 19.1. The molecule has 1 unspecified atom stereocenters. The topological polar surface area (TPSA) is 173 Å². The maximum atomic E-state index is 15.8. The zero-order chi connectivity index (χ0) is 38.5. The minimum Gasteiger partial charge on any atom is -0.489 e. The maximum Gasteiger partial charge on any atom is 0.524 e. The van der Waals surface area contributed by atoms with E-state index >= 15 is 4.39 Å². The Morgan fingerprint density at radius 3 is 2.45 bits per heavy atom. The fourth-order valence-corrected chi connectivity index (χ4v) is 8.62. The van der Waals surface area contributed by atoms with Gasteiger partial charge in [-0.2, -0.15) is 0 Å². The Morgan fingerprint density at radius 2 is 1.77 bits per heavy atom. The fourth-order valence-electron chi connectivity index (χ4n) is 7.95. The maximum absolute atomic E-state index is 15.8. The molecule has 3 fully saturated rings. The molecule has 0 aromatic heterocycles. The van der Waals surface area contributed by atoms with E-state index in [1.165, 1.54) is 30.3 Å². The number of carbonyl (C=O) groups is 2. The first-order valence-electron chi connectivity index (χ1n) is 16.8. The average molecular weight is 800 g/mol. The van der Waals surface area contributed by atoms with Gasteiger partial charge in [-0.05, 0) is 74.1 Å². The fraction of sp³-hybridized carbons (Fsp3) is 0.444. The monoisotopic (exact) mass is 798 g/mol. The van der Waals surface area contributed by atoms with Crippen LogP contribution in [0, 0.1) is 18.6 Å². The SMILES string of the molecule is Cc1cc2cc(OP(=O)(O)O)c1C(C)(C)CC(=O)O[C@H]1CC3(CCC1(NC(=O)COc1ccc(Cl)c(F)c1)CC3)NC(O)COc1ccc(Cl)c(F)c1-2. The Hall–Kier alpha value is -3.49. The van der Waals surface area contributed by atoms with Gasteiger partial charge < -0.3 is 29.2 Å². The van der Waals surface area contributed by atoms with Crippen LogP contribution in [0.4, 0.5) is 8.78 Å². The molecule has 5 aliphatic rings.